The van der Waals surface area contributed by atoms with E-state index in [2.05, 4.69) is 57.5 Å². The zero-order valence-electron chi connectivity index (χ0n) is 18.6. The van der Waals surface area contributed by atoms with E-state index in [4.69, 9.17) is 4.74 Å². The van der Waals surface area contributed by atoms with E-state index in [0.717, 1.165) is 41.7 Å². The van der Waals surface area contributed by atoms with Gasteiger partial charge in [0.05, 0.1) is 0 Å². The molecule has 162 valence electrons. The molecule has 0 bridgehead atoms. The van der Waals surface area contributed by atoms with Gasteiger partial charge >= 0.3 is 0 Å². The minimum absolute atomic E-state index is 0.555. The molecule has 2 heterocycles. The lowest BCUT2D eigenvalue weighted by atomic mass is 10.1. The van der Waals surface area contributed by atoms with Crippen molar-refractivity contribution >= 4 is 23.1 Å². The molecular weight excluding hydrogens is 386 g/mol. The summed E-state index contributed by atoms with van der Waals surface area (Å²) in [5.41, 5.74) is 5.46. The minimum atomic E-state index is 0.555. The number of benzene rings is 2. The van der Waals surface area contributed by atoms with Crippen LogP contribution in [0.4, 0.5) is 23.1 Å². The quantitative estimate of drug-likeness (QED) is 0.514. The van der Waals surface area contributed by atoms with Crippen LogP contribution in [-0.4, -0.2) is 41.1 Å². The lowest BCUT2D eigenvalue weighted by molar-refractivity contribution is 0.238. The second kappa shape index (κ2) is 9.79. The van der Waals surface area contributed by atoms with Crippen LogP contribution < -0.4 is 15.4 Å². The lowest BCUT2D eigenvalue weighted by Crippen LogP contribution is -2.25. The van der Waals surface area contributed by atoms with Crippen LogP contribution in [-0.2, 0) is 0 Å². The van der Waals surface area contributed by atoms with Gasteiger partial charge in [0.2, 0.25) is 5.95 Å². The molecule has 0 amide bonds. The van der Waals surface area contributed by atoms with Gasteiger partial charge in [0, 0.05) is 29.7 Å². The Kier molecular flexibility index (Phi) is 6.67. The van der Waals surface area contributed by atoms with E-state index in [9.17, 15) is 0 Å². The van der Waals surface area contributed by atoms with Gasteiger partial charge in [-0.1, -0.05) is 6.07 Å². The molecule has 0 radical (unpaired) electrons. The summed E-state index contributed by atoms with van der Waals surface area (Å²) in [6.45, 7) is 10.3. The highest BCUT2D eigenvalue weighted by Crippen LogP contribution is 2.23. The molecule has 2 aromatic carbocycles. The third kappa shape index (κ3) is 5.73. The molecule has 0 aliphatic carbocycles. The first kappa shape index (κ1) is 21.1. The normalized spacial score (nSPS) is 13.9. The standard InChI is InChI=1S/C25H31N5O/c1-18-6-7-22(16-19(18)2)27-24-20(3)17-26-25(29-24)28-21-8-10-23(11-9-21)31-15-14-30-12-4-5-13-30/h6-11,16-17H,4-5,12-15H2,1-3H3,(H2,26,27,28,29). The fraction of sp³-hybridized carbons (Fsp3) is 0.360. The summed E-state index contributed by atoms with van der Waals surface area (Å²) in [4.78, 5) is 11.5. The van der Waals surface area contributed by atoms with Crippen molar-refractivity contribution in [2.75, 3.05) is 36.9 Å². The SMILES string of the molecule is Cc1ccc(Nc2nc(Nc3ccc(OCCN4CCCC4)cc3)ncc2C)cc1C. The number of hydrogen-bond acceptors (Lipinski definition) is 6. The second-order valence-electron chi connectivity index (χ2n) is 8.20. The molecule has 1 aliphatic heterocycles. The Balaban J connectivity index is 1.36. The lowest BCUT2D eigenvalue weighted by Gasteiger charge is -2.15. The van der Waals surface area contributed by atoms with E-state index >= 15 is 0 Å². The highest BCUT2D eigenvalue weighted by atomic mass is 16.5. The Labute approximate surface area is 184 Å². The summed E-state index contributed by atoms with van der Waals surface area (Å²) in [7, 11) is 0. The van der Waals surface area contributed by atoms with Gasteiger partial charge in [-0.15, -0.1) is 0 Å². The van der Waals surface area contributed by atoms with E-state index < -0.39 is 0 Å². The van der Waals surface area contributed by atoms with Crippen molar-refractivity contribution < 1.29 is 4.74 Å². The molecule has 2 N–H and O–H groups in total. The third-order valence-corrected chi connectivity index (χ3v) is 5.73. The Bertz CT molecular complexity index is 1010. The van der Waals surface area contributed by atoms with Gasteiger partial charge in [-0.25, -0.2) is 4.98 Å². The fourth-order valence-electron chi connectivity index (χ4n) is 3.65. The van der Waals surface area contributed by atoms with Gasteiger partial charge in [-0.05, 0) is 94.2 Å². The number of aryl methyl sites for hydroxylation is 3. The number of hydrogen-bond donors (Lipinski definition) is 2. The molecule has 3 aromatic rings. The second-order valence-corrected chi connectivity index (χ2v) is 8.20. The first-order chi connectivity index (χ1) is 15.1. The number of ether oxygens (including phenoxy) is 1. The molecule has 1 aromatic heterocycles. The molecule has 0 spiro atoms. The van der Waals surface area contributed by atoms with E-state index in [-0.39, 0.29) is 0 Å². The van der Waals surface area contributed by atoms with Crippen LogP contribution in [0.25, 0.3) is 0 Å². The predicted octanol–water partition coefficient (Wildman–Crippen LogP) is 5.36. The van der Waals surface area contributed by atoms with Crippen LogP contribution in [0.3, 0.4) is 0 Å². The fourth-order valence-corrected chi connectivity index (χ4v) is 3.65. The molecule has 0 atom stereocenters. The maximum absolute atomic E-state index is 5.88. The van der Waals surface area contributed by atoms with Crippen molar-refractivity contribution in [2.45, 2.75) is 33.6 Å². The average Bonchev–Trinajstić information content (AvgIpc) is 3.28. The first-order valence-corrected chi connectivity index (χ1v) is 11.0. The summed E-state index contributed by atoms with van der Waals surface area (Å²) in [6, 6.07) is 14.3. The number of aromatic nitrogens is 2. The summed E-state index contributed by atoms with van der Waals surface area (Å²) in [5, 5.41) is 6.69. The third-order valence-electron chi connectivity index (χ3n) is 5.73. The monoisotopic (exact) mass is 417 g/mol. The summed E-state index contributed by atoms with van der Waals surface area (Å²) < 4.78 is 5.88. The average molecular weight is 418 g/mol. The van der Waals surface area contributed by atoms with Crippen molar-refractivity contribution in [3.63, 3.8) is 0 Å². The summed E-state index contributed by atoms with van der Waals surface area (Å²) >= 11 is 0. The van der Waals surface area contributed by atoms with Gasteiger partial charge in [0.15, 0.2) is 0 Å². The Morgan fingerprint density at radius 1 is 0.871 bits per heavy atom. The summed E-state index contributed by atoms with van der Waals surface area (Å²) in [6.07, 6.45) is 4.45. The minimum Gasteiger partial charge on any atom is -0.492 e. The molecule has 6 heteroatoms. The molecule has 4 rings (SSSR count). The van der Waals surface area contributed by atoms with E-state index in [1.165, 1.54) is 37.1 Å². The number of likely N-dealkylation sites (tertiary alicyclic amines) is 1. The van der Waals surface area contributed by atoms with Gasteiger partial charge in [0.1, 0.15) is 18.2 Å². The predicted molar refractivity (Wildman–Crippen MR) is 127 cm³/mol. The molecule has 1 fully saturated rings. The van der Waals surface area contributed by atoms with Gasteiger partial charge in [0.25, 0.3) is 0 Å². The molecule has 6 nitrogen and oxygen atoms in total. The van der Waals surface area contributed by atoms with E-state index in [1.807, 2.05) is 37.4 Å². The van der Waals surface area contributed by atoms with Crippen LogP contribution in [0.5, 0.6) is 5.75 Å². The smallest absolute Gasteiger partial charge is 0.229 e. The van der Waals surface area contributed by atoms with Crippen molar-refractivity contribution in [1.82, 2.24) is 14.9 Å². The van der Waals surface area contributed by atoms with Gasteiger partial charge < -0.3 is 15.4 Å². The maximum atomic E-state index is 5.88. The summed E-state index contributed by atoms with van der Waals surface area (Å²) in [5.74, 6) is 2.23. The van der Waals surface area contributed by atoms with Crippen molar-refractivity contribution in [3.05, 3.63) is 65.4 Å². The Morgan fingerprint density at radius 2 is 1.61 bits per heavy atom. The van der Waals surface area contributed by atoms with Crippen LogP contribution in [0.1, 0.15) is 29.5 Å². The van der Waals surface area contributed by atoms with Gasteiger partial charge in [-0.3, -0.25) is 4.90 Å². The Hall–Kier alpha value is -3.12. The molecule has 1 saturated heterocycles. The molecular formula is C25H31N5O. The highest BCUT2D eigenvalue weighted by Gasteiger charge is 2.11. The Morgan fingerprint density at radius 3 is 2.35 bits per heavy atom. The van der Waals surface area contributed by atoms with Crippen molar-refractivity contribution in [3.8, 4) is 5.75 Å². The first-order valence-electron chi connectivity index (χ1n) is 11.0. The topological polar surface area (TPSA) is 62.3 Å². The number of nitrogens with one attached hydrogen (secondary N) is 2. The largest absolute Gasteiger partial charge is 0.492 e. The van der Waals surface area contributed by atoms with E-state index in [1.54, 1.807) is 0 Å². The van der Waals surface area contributed by atoms with Crippen LogP contribution in [0.15, 0.2) is 48.7 Å². The van der Waals surface area contributed by atoms with E-state index in [0.29, 0.717) is 5.95 Å². The van der Waals surface area contributed by atoms with Gasteiger partial charge in [-0.2, -0.15) is 4.98 Å². The van der Waals surface area contributed by atoms with Crippen LogP contribution in [0.2, 0.25) is 0 Å². The number of anilines is 4. The molecule has 1 aliphatic rings. The zero-order valence-corrected chi connectivity index (χ0v) is 18.6. The zero-order chi connectivity index (χ0) is 21.6. The number of nitrogens with zero attached hydrogens (tertiary/aromatic N) is 3. The highest BCUT2D eigenvalue weighted by molar-refractivity contribution is 5.63. The van der Waals surface area contributed by atoms with Crippen LogP contribution in [0, 0.1) is 20.8 Å². The molecule has 31 heavy (non-hydrogen) atoms. The number of rotatable bonds is 8. The van der Waals surface area contributed by atoms with Crippen molar-refractivity contribution in [1.29, 1.82) is 0 Å². The molecule has 0 unspecified atom stereocenters. The maximum Gasteiger partial charge on any atom is 0.229 e. The van der Waals surface area contributed by atoms with Crippen molar-refractivity contribution in [2.24, 2.45) is 0 Å². The molecule has 0 saturated carbocycles. The van der Waals surface area contributed by atoms with Crippen LogP contribution >= 0.6 is 0 Å².